The molecule has 1 heterocycles. The number of rotatable bonds is 14. The van der Waals surface area contributed by atoms with Gasteiger partial charge in [0.25, 0.3) is 0 Å². The largest absolute Gasteiger partial charge is 0.493 e. The van der Waals surface area contributed by atoms with Crippen LogP contribution in [0.25, 0.3) is 0 Å². The van der Waals surface area contributed by atoms with Crippen molar-refractivity contribution in [3.63, 3.8) is 0 Å². The van der Waals surface area contributed by atoms with Gasteiger partial charge < -0.3 is 39.4 Å². The second kappa shape index (κ2) is 16.5. The number of esters is 1. The van der Waals surface area contributed by atoms with Crippen molar-refractivity contribution in [2.24, 2.45) is 5.10 Å². The Morgan fingerprint density at radius 3 is 2.49 bits per heavy atom. The van der Waals surface area contributed by atoms with Crippen molar-refractivity contribution in [2.75, 3.05) is 27.4 Å². The van der Waals surface area contributed by atoms with Crippen LogP contribution < -0.4 is 35.0 Å². The van der Waals surface area contributed by atoms with E-state index in [1.165, 1.54) is 20.4 Å². The van der Waals surface area contributed by atoms with Crippen molar-refractivity contribution >= 4 is 53.0 Å². The molecule has 0 radical (unpaired) electrons. The molecule has 15 heteroatoms. The smallest absolute Gasteiger partial charge is 0.337 e. The molecule has 0 unspecified atom stereocenters. The number of aliphatic hydroxyl groups excluding tert-OH is 1. The molecule has 1 aliphatic heterocycles. The lowest BCUT2D eigenvalue weighted by molar-refractivity contribution is -0.136. The molecule has 2 amide bonds. The average molecular weight is 708 g/mol. The van der Waals surface area contributed by atoms with E-state index >= 15 is 0 Å². The quantitative estimate of drug-likeness (QED) is 0.0711. The number of hydrazone groups is 1. The first kappa shape index (κ1) is 35.5. The number of hydrogen-bond donors (Lipinski definition) is 4. The standard InChI is InChI=1S/C32H33Cl3N4O8/c1-5-45-25-13-20(29-28(31(41)44-4)17(2)37-32(42)38-29)7-9-24(25)46-16-27(40)39-36-14-19-11-23(35)30(26(12-19)43-3)47-15-18-6-8-21(33)22(34)10-18/h6-14,27,29,39-40H,5,15-16H2,1-4H3,(H2,37,38,42)/b36-14-/t27-,29-/m1/s1. The molecule has 4 rings (SSSR count). The number of carbonyl (C=O) groups is 2. The molecule has 0 saturated heterocycles. The number of hydrogen-bond acceptors (Lipinski definition) is 10. The number of allylic oxidation sites excluding steroid dienone is 1. The lowest BCUT2D eigenvalue weighted by Gasteiger charge is -2.28. The Hall–Kier alpha value is -4.36. The first-order valence-corrected chi connectivity index (χ1v) is 15.3. The summed E-state index contributed by atoms with van der Waals surface area (Å²) in [5.41, 5.74) is 5.16. The van der Waals surface area contributed by atoms with Crippen LogP contribution in [0.1, 0.15) is 36.6 Å². The Bertz CT molecular complexity index is 1680. The lowest BCUT2D eigenvalue weighted by atomic mass is 9.95. The summed E-state index contributed by atoms with van der Waals surface area (Å²) in [5.74, 6) is 0.804. The van der Waals surface area contributed by atoms with E-state index in [-0.39, 0.29) is 23.8 Å². The summed E-state index contributed by atoms with van der Waals surface area (Å²) >= 11 is 18.5. The normalized spacial score (nSPS) is 15.1. The van der Waals surface area contributed by atoms with E-state index in [0.717, 1.165) is 5.56 Å². The number of methoxy groups -OCH3 is 2. The molecule has 12 nitrogen and oxygen atoms in total. The van der Waals surface area contributed by atoms with Crippen LogP contribution in [0.2, 0.25) is 15.1 Å². The Morgan fingerprint density at radius 1 is 1.00 bits per heavy atom. The van der Waals surface area contributed by atoms with Gasteiger partial charge in [-0.2, -0.15) is 5.10 Å². The van der Waals surface area contributed by atoms with Crippen molar-refractivity contribution in [2.45, 2.75) is 32.7 Å². The third kappa shape index (κ3) is 9.13. The van der Waals surface area contributed by atoms with Gasteiger partial charge in [0.15, 0.2) is 29.2 Å². The van der Waals surface area contributed by atoms with Gasteiger partial charge in [-0.1, -0.05) is 46.9 Å². The van der Waals surface area contributed by atoms with E-state index in [9.17, 15) is 14.7 Å². The molecule has 3 aromatic carbocycles. The van der Waals surface area contributed by atoms with E-state index < -0.39 is 24.3 Å². The topological polar surface area (TPSA) is 149 Å². The fourth-order valence-electron chi connectivity index (χ4n) is 4.56. The highest BCUT2D eigenvalue weighted by atomic mass is 35.5. The first-order valence-electron chi connectivity index (χ1n) is 14.2. The van der Waals surface area contributed by atoms with Gasteiger partial charge in [0.1, 0.15) is 13.2 Å². The van der Waals surface area contributed by atoms with Crippen LogP contribution in [-0.2, 0) is 16.1 Å². The molecule has 4 N–H and O–H groups in total. The predicted molar refractivity (Wildman–Crippen MR) is 178 cm³/mol. The summed E-state index contributed by atoms with van der Waals surface area (Å²) in [6.45, 7) is 3.72. The monoisotopic (exact) mass is 706 g/mol. The lowest BCUT2D eigenvalue weighted by Crippen LogP contribution is -2.45. The molecule has 1 aliphatic rings. The molecule has 0 fully saturated rings. The highest BCUT2D eigenvalue weighted by molar-refractivity contribution is 6.42. The van der Waals surface area contributed by atoms with E-state index in [1.807, 2.05) is 0 Å². The summed E-state index contributed by atoms with van der Waals surface area (Å²) < 4.78 is 27.8. The van der Waals surface area contributed by atoms with Crippen LogP contribution in [0, 0.1) is 0 Å². The van der Waals surface area contributed by atoms with Gasteiger partial charge in [-0.05, 0) is 66.9 Å². The van der Waals surface area contributed by atoms with Crippen molar-refractivity contribution in [3.05, 3.63) is 91.6 Å². The van der Waals surface area contributed by atoms with Gasteiger partial charge in [0.05, 0.1) is 53.7 Å². The molecular weight excluding hydrogens is 675 g/mol. The molecule has 3 aromatic rings. The zero-order valence-corrected chi connectivity index (χ0v) is 28.1. The van der Waals surface area contributed by atoms with Crippen LogP contribution in [0.3, 0.4) is 0 Å². The highest BCUT2D eigenvalue weighted by Gasteiger charge is 2.32. The zero-order chi connectivity index (χ0) is 34.1. The van der Waals surface area contributed by atoms with Gasteiger partial charge in [-0.3, -0.25) is 5.43 Å². The van der Waals surface area contributed by atoms with Crippen LogP contribution in [0.15, 0.2) is 64.9 Å². The fourth-order valence-corrected chi connectivity index (χ4v) is 5.15. The van der Waals surface area contributed by atoms with Crippen molar-refractivity contribution in [3.8, 4) is 23.0 Å². The van der Waals surface area contributed by atoms with Crippen LogP contribution in [0.5, 0.6) is 23.0 Å². The van der Waals surface area contributed by atoms with E-state index in [1.54, 1.807) is 62.4 Å². The van der Waals surface area contributed by atoms with Gasteiger partial charge in [0.2, 0.25) is 0 Å². The molecule has 250 valence electrons. The molecule has 0 bridgehead atoms. The molecule has 0 aliphatic carbocycles. The second-order valence-electron chi connectivity index (χ2n) is 9.99. The summed E-state index contributed by atoms with van der Waals surface area (Å²) in [6, 6.07) is 12.2. The third-order valence-electron chi connectivity index (χ3n) is 6.73. The van der Waals surface area contributed by atoms with Crippen LogP contribution in [-0.4, -0.2) is 57.0 Å². The molecule has 0 aromatic heterocycles. The maximum atomic E-state index is 12.5. The number of halogens is 3. The number of urea groups is 1. The Kier molecular flexibility index (Phi) is 12.4. The molecule has 47 heavy (non-hydrogen) atoms. The number of carbonyl (C=O) groups excluding carboxylic acids is 2. The summed E-state index contributed by atoms with van der Waals surface area (Å²) in [5, 5.41) is 21.0. The molecule has 0 saturated carbocycles. The minimum Gasteiger partial charge on any atom is -0.493 e. The number of amides is 2. The fraction of sp³-hybridized carbons (Fsp3) is 0.281. The van der Waals surface area contributed by atoms with Gasteiger partial charge in [0, 0.05) is 5.70 Å². The molecular formula is C32H33Cl3N4O8. The van der Waals surface area contributed by atoms with Crippen molar-refractivity contribution in [1.29, 1.82) is 0 Å². The van der Waals surface area contributed by atoms with Gasteiger partial charge in [-0.25, -0.2) is 9.59 Å². The Labute approximate surface area is 286 Å². The van der Waals surface area contributed by atoms with Gasteiger partial charge >= 0.3 is 12.0 Å². The average Bonchev–Trinajstić information content (AvgIpc) is 3.04. The van der Waals surface area contributed by atoms with E-state index in [4.69, 9.17) is 58.5 Å². The number of ether oxygens (including phenoxy) is 5. The maximum absolute atomic E-state index is 12.5. The zero-order valence-electron chi connectivity index (χ0n) is 25.9. The third-order valence-corrected chi connectivity index (χ3v) is 7.75. The SMILES string of the molecule is CCOc1cc([C@H]2NC(=O)NC(C)=C2C(=O)OC)ccc1OC[C@@H](O)N/N=C\c1cc(Cl)c(OCc2ccc(Cl)c(Cl)c2)c(OC)c1. The van der Waals surface area contributed by atoms with Crippen LogP contribution >= 0.6 is 34.8 Å². The number of aliphatic hydroxyl groups is 1. The second-order valence-corrected chi connectivity index (χ2v) is 11.2. The first-order chi connectivity index (χ1) is 22.5. The minimum atomic E-state index is -1.20. The molecule has 0 spiro atoms. The van der Waals surface area contributed by atoms with Gasteiger partial charge in [-0.15, -0.1) is 0 Å². The van der Waals surface area contributed by atoms with E-state index in [2.05, 4.69) is 21.2 Å². The Balaban J connectivity index is 1.39. The predicted octanol–water partition coefficient (Wildman–Crippen LogP) is 5.75. The highest BCUT2D eigenvalue weighted by Crippen LogP contribution is 2.37. The summed E-state index contributed by atoms with van der Waals surface area (Å²) in [6.07, 6.45) is 0.245. The van der Waals surface area contributed by atoms with Crippen molar-refractivity contribution < 1.29 is 38.4 Å². The number of nitrogens with one attached hydrogen (secondary N) is 3. The summed E-state index contributed by atoms with van der Waals surface area (Å²) in [4.78, 5) is 24.6. The Morgan fingerprint density at radius 2 is 1.79 bits per heavy atom. The summed E-state index contributed by atoms with van der Waals surface area (Å²) in [7, 11) is 2.75. The number of benzene rings is 3. The number of nitrogens with zero attached hydrogens (tertiary/aromatic N) is 1. The molecule has 2 atom stereocenters. The van der Waals surface area contributed by atoms with Crippen LogP contribution in [0.4, 0.5) is 4.79 Å². The van der Waals surface area contributed by atoms with Crippen molar-refractivity contribution in [1.82, 2.24) is 16.1 Å². The van der Waals surface area contributed by atoms with E-state index in [0.29, 0.717) is 56.5 Å². The maximum Gasteiger partial charge on any atom is 0.337 e. The minimum absolute atomic E-state index is 0.182.